The Labute approximate surface area is 86.1 Å². The molecule has 0 spiro atoms. The van der Waals surface area contributed by atoms with E-state index in [0.29, 0.717) is 0 Å². The predicted octanol–water partition coefficient (Wildman–Crippen LogP) is 3.48. The molecule has 0 amide bonds. The molecule has 14 heavy (non-hydrogen) atoms. The maximum atomic E-state index is 10.0. The molecule has 6 heteroatoms. The molecule has 0 aliphatic rings. The van der Waals surface area contributed by atoms with Crippen LogP contribution in [0.3, 0.4) is 0 Å². The SMILES string of the molecule is CC[P+](CC)(CC)CC.O=P([O-])(F)F. The second kappa shape index (κ2) is 7.73. The average molecular weight is 248 g/mol. The molecule has 0 N–H and O–H groups in total. The van der Waals surface area contributed by atoms with Gasteiger partial charge in [0.2, 0.25) is 0 Å². The molecule has 0 aromatic carbocycles. The highest BCUT2D eigenvalue weighted by Gasteiger charge is 2.27. The number of hydrogen-bond acceptors (Lipinski definition) is 2. The summed E-state index contributed by atoms with van der Waals surface area (Å²) in [5, 5.41) is 0. The van der Waals surface area contributed by atoms with E-state index < -0.39 is 15.3 Å². The van der Waals surface area contributed by atoms with E-state index in [9.17, 15) is 8.39 Å². The van der Waals surface area contributed by atoms with Crippen LogP contribution in [0.1, 0.15) is 27.7 Å². The Kier molecular flexibility index (Phi) is 9.33. The third-order valence-electron chi connectivity index (χ3n) is 2.68. The van der Waals surface area contributed by atoms with Crippen molar-refractivity contribution in [3.63, 3.8) is 0 Å². The summed E-state index contributed by atoms with van der Waals surface area (Å²) in [6, 6.07) is 0. The van der Waals surface area contributed by atoms with E-state index in [0.717, 1.165) is 0 Å². The van der Waals surface area contributed by atoms with Gasteiger partial charge in [-0.05, 0) is 27.7 Å². The minimum Gasteiger partial charge on any atom is -0.749 e. The van der Waals surface area contributed by atoms with Crippen molar-refractivity contribution in [2.45, 2.75) is 27.7 Å². The molecule has 0 saturated heterocycles. The van der Waals surface area contributed by atoms with Crippen LogP contribution < -0.4 is 4.89 Å². The zero-order valence-electron chi connectivity index (χ0n) is 9.30. The average Bonchev–Trinajstić information content (AvgIpc) is 2.07. The zero-order valence-corrected chi connectivity index (χ0v) is 11.1. The lowest BCUT2D eigenvalue weighted by Crippen LogP contribution is -2.04. The lowest BCUT2D eigenvalue weighted by molar-refractivity contribution is -0.198. The molecule has 0 unspecified atom stereocenters. The van der Waals surface area contributed by atoms with Gasteiger partial charge in [-0.15, -0.1) is 0 Å². The summed E-state index contributed by atoms with van der Waals surface area (Å²) in [7, 11) is -6.31. The summed E-state index contributed by atoms with van der Waals surface area (Å²) in [6.45, 7) is 9.41. The Hall–Kier alpha value is 0.480. The van der Waals surface area contributed by atoms with Crippen LogP contribution in [-0.2, 0) is 4.57 Å². The lowest BCUT2D eigenvalue weighted by Gasteiger charge is -2.20. The second-order valence-electron chi connectivity index (χ2n) is 3.02. The first-order valence-electron chi connectivity index (χ1n) is 4.80. The third-order valence-corrected chi connectivity index (χ3v) is 8.05. The minimum absolute atomic E-state index is 0.420. The topological polar surface area (TPSA) is 40.1 Å². The van der Waals surface area contributed by atoms with Gasteiger partial charge in [-0.2, -0.15) is 8.39 Å². The Bertz CT molecular complexity index is 152. The van der Waals surface area contributed by atoms with Crippen LogP contribution >= 0.6 is 15.3 Å². The van der Waals surface area contributed by atoms with Crippen molar-refractivity contribution in [1.29, 1.82) is 0 Å². The largest absolute Gasteiger partial charge is 0.749 e. The molecular formula is C8H20F2O2P2. The van der Waals surface area contributed by atoms with Gasteiger partial charge in [-0.1, -0.05) is 0 Å². The minimum atomic E-state index is -5.89. The van der Waals surface area contributed by atoms with E-state index in [1.165, 1.54) is 24.6 Å². The Morgan fingerprint density at radius 1 is 1.00 bits per heavy atom. The highest BCUT2D eigenvalue weighted by atomic mass is 31.2. The molecule has 0 aliphatic carbocycles. The van der Waals surface area contributed by atoms with Gasteiger partial charge < -0.3 is 4.89 Å². The van der Waals surface area contributed by atoms with Crippen molar-refractivity contribution in [2.75, 3.05) is 24.6 Å². The van der Waals surface area contributed by atoms with E-state index in [2.05, 4.69) is 27.7 Å². The molecule has 0 fully saturated rings. The Balaban J connectivity index is 0. The molecule has 0 rings (SSSR count). The van der Waals surface area contributed by atoms with Gasteiger partial charge in [0.1, 0.15) is 0 Å². The van der Waals surface area contributed by atoms with E-state index in [1.54, 1.807) is 0 Å². The van der Waals surface area contributed by atoms with Crippen molar-refractivity contribution in [3.8, 4) is 0 Å². The first-order valence-corrected chi connectivity index (χ1v) is 8.73. The number of hydrogen-bond donors (Lipinski definition) is 0. The van der Waals surface area contributed by atoms with Gasteiger partial charge in [0.05, 0.1) is 24.6 Å². The monoisotopic (exact) mass is 248 g/mol. The molecule has 88 valence electrons. The van der Waals surface area contributed by atoms with Crippen LogP contribution in [0.2, 0.25) is 0 Å². The fraction of sp³-hybridized carbons (Fsp3) is 1.00. The smallest absolute Gasteiger partial charge is 0.345 e. The van der Waals surface area contributed by atoms with Gasteiger partial charge in [0.25, 0.3) is 0 Å². The van der Waals surface area contributed by atoms with Crippen LogP contribution in [0.5, 0.6) is 0 Å². The summed E-state index contributed by atoms with van der Waals surface area (Å²) in [5.41, 5.74) is 0. The summed E-state index contributed by atoms with van der Waals surface area (Å²) in [6.07, 6.45) is 5.82. The molecule has 2 nitrogen and oxygen atoms in total. The summed E-state index contributed by atoms with van der Waals surface area (Å²) in [4.78, 5) is 8.33. The van der Waals surface area contributed by atoms with Crippen molar-refractivity contribution < 1.29 is 17.9 Å². The Morgan fingerprint density at radius 3 is 1.14 bits per heavy atom. The zero-order chi connectivity index (χ0) is 11.8. The fourth-order valence-corrected chi connectivity index (χ4v) is 4.02. The molecular weight excluding hydrogens is 228 g/mol. The van der Waals surface area contributed by atoms with E-state index >= 15 is 0 Å². The third kappa shape index (κ3) is 10.6. The Morgan fingerprint density at radius 2 is 1.14 bits per heavy atom. The first-order chi connectivity index (χ1) is 6.24. The maximum absolute atomic E-state index is 10.0. The molecule has 0 heterocycles. The number of rotatable bonds is 4. The molecule has 0 aromatic rings. The van der Waals surface area contributed by atoms with Crippen molar-refractivity contribution in [1.82, 2.24) is 0 Å². The first kappa shape index (κ1) is 16.9. The molecule has 0 saturated carbocycles. The fourth-order valence-electron chi connectivity index (χ4n) is 1.34. The van der Waals surface area contributed by atoms with Crippen molar-refractivity contribution in [3.05, 3.63) is 0 Å². The predicted molar refractivity (Wildman–Crippen MR) is 58.9 cm³/mol. The van der Waals surface area contributed by atoms with Crippen molar-refractivity contribution >= 4 is 15.3 Å². The lowest BCUT2D eigenvalue weighted by atomic mass is 10.9. The quantitative estimate of drug-likeness (QED) is 0.714. The van der Waals surface area contributed by atoms with Gasteiger partial charge in [0.15, 0.2) is 0 Å². The van der Waals surface area contributed by atoms with Gasteiger partial charge in [-0.3, -0.25) is 4.57 Å². The van der Waals surface area contributed by atoms with Crippen LogP contribution in [0.15, 0.2) is 0 Å². The van der Waals surface area contributed by atoms with E-state index in [-0.39, 0.29) is 0 Å². The summed E-state index contributed by atoms with van der Waals surface area (Å²) < 4.78 is 28.4. The van der Waals surface area contributed by atoms with Crippen molar-refractivity contribution in [2.24, 2.45) is 0 Å². The van der Waals surface area contributed by atoms with E-state index in [4.69, 9.17) is 9.46 Å². The normalized spacial score (nSPS) is 11.9. The van der Waals surface area contributed by atoms with E-state index in [1.807, 2.05) is 0 Å². The molecule has 0 bridgehead atoms. The van der Waals surface area contributed by atoms with Gasteiger partial charge >= 0.3 is 7.99 Å². The molecule has 0 radical (unpaired) electrons. The molecule has 0 aliphatic heterocycles. The molecule has 0 atom stereocenters. The van der Waals surface area contributed by atoms with Crippen LogP contribution in [0.25, 0.3) is 0 Å². The standard InChI is InChI=1S/C8H20P.F2HO2P/c1-5-9(6-2,7-3)8-4;1-5(2,3)4/h5-8H2,1-4H3;(H,3,4)/q+1;/p-1. The summed E-state index contributed by atoms with van der Waals surface area (Å²) in [5.74, 6) is 0. The van der Waals surface area contributed by atoms with Gasteiger partial charge in [-0.25, -0.2) is 0 Å². The second-order valence-corrected chi connectivity index (χ2v) is 9.06. The summed E-state index contributed by atoms with van der Waals surface area (Å²) >= 11 is 0. The van der Waals surface area contributed by atoms with Crippen LogP contribution in [-0.4, -0.2) is 24.6 Å². The highest BCUT2D eigenvalue weighted by molar-refractivity contribution is 7.75. The van der Waals surface area contributed by atoms with Gasteiger partial charge in [0, 0.05) is 7.26 Å². The highest BCUT2D eigenvalue weighted by Crippen LogP contribution is 2.57. The van der Waals surface area contributed by atoms with Crippen LogP contribution in [0.4, 0.5) is 8.39 Å². The van der Waals surface area contributed by atoms with Crippen LogP contribution in [0, 0.1) is 0 Å². The number of halogens is 2. The molecule has 0 aromatic heterocycles. The maximum Gasteiger partial charge on any atom is 0.345 e.